The van der Waals surface area contributed by atoms with Gasteiger partial charge >= 0.3 is 5.56 Å². The fraction of sp³-hybridized carbons (Fsp3) is 0.400. The zero-order chi connectivity index (χ0) is 7.72. The first kappa shape index (κ1) is 6.73. The Labute approximate surface area is 57.0 Å². The molecule has 0 unspecified atom stereocenters. The molecule has 5 nitrogen and oxygen atoms in total. The Morgan fingerprint density at radius 1 is 1.70 bits per heavy atom. The lowest BCUT2D eigenvalue weighted by molar-refractivity contribution is -0.741. The molecule has 1 rings (SSSR count). The predicted molar refractivity (Wildman–Crippen MR) is 30.2 cm³/mol. The maximum Gasteiger partial charge on any atom is 0.318 e. The van der Waals surface area contributed by atoms with Crippen LogP contribution in [0.2, 0.25) is 0 Å². The minimum absolute atomic E-state index is 0.387. The quantitative estimate of drug-likeness (QED) is 0.424. The number of nitrogens with zero attached hydrogens (tertiary/aromatic N) is 2. The number of aromatic amines is 1. The van der Waals surface area contributed by atoms with Gasteiger partial charge in [-0.15, -0.1) is 0 Å². The fourth-order valence-electron chi connectivity index (χ4n) is 0.571. The monoisotopic (exact) mass is 141 g/mol. The Balaban J connectivity index is 3.46. The van der Waals surface area contributed by atoms with Gasteiger partial charge in [-0.25, -0.2) is 0 Å². The molecule has 54 valence electrons. The number of H-pyrrole nitrogens is 1. The molecule has 1 heterocycles. The lowest BCUT2D eigenvalue weighted by Crippen LogP contribution is -2.43. The van der Waals surface area contributed by atoms with E-state index in [9.17, 15) is 9.90 Å². The summed E-state index contributed by atoms with van der Waals surface area (Å²) in [5.74, 6) is 0. The van der Waals surface area contributed by atoms with E-state index < -0.39 is 6.01 Å². The zero-order valence-corrected chi connectivity index (χ0v) is 5.71. The van der Waals surface area contributed by atoms with Crippen LogP contribution in [0.3, 0.4) is 0 Å². The van der Waals surface area contributed by atoms with Gasteiger partial charge in [-0.2, -0.15) is 0 Å². The summed E-state index contributed by atoms with van der Waals surface area (Å²) in [5, 5.41) is 13.9. The summed E-state index contributed by atoms with van der Waals surface area (Å²) in [5.41, 5.74) is 0.0297. The number of hydrogen-bond acceptors (Lipinski definition) is 3. The van der Waals surface area contributed by atoms with Gasteiger partial charge in [-0.3, -0.25) is 4.79 Å². The molecule has 0 fully saturated rings. The molecule has 0 saturated heterocycles. The highest BCUT2D eigenvalue weighted by Crippen LogP contribution is 1.79. The number of aryl methyl sites for hydroxylation is 1. The van der Waals surface area contributed by atoms with E-state index in [2.05, 4.69) is 5.10 Å². The molecule has 0 aliphatic carbocycles. The van der Waals surface area contributed by atoms with Crippen LogP contribution in [0.5, 0.6) is 6.01 Å². The maximum atomic E-state index is 10.7. The number of nitrogens with one attached hydrogen (secondary N) is 1. The molecule has 0 aliphatic heterocycles. The topological polar surface area (TPSA) is 72.7 Å². The zero-order valence-electron chi connectivity index (χ0n) is 5.71. The second kappa shape index (κ2) is 2.09. The van der Waals surface area contributed by atoms with Crippen LogP contribution < -0.4 is 15.3 Å². The molecule has 0 bridgehead atoms. The van der Waals surface area contributed by atoms with Crippen molar-refractivity contribution in [3.05, 3.63) is 16.0 Å². The van der Waals surface area contributed by atoms with Gasteiger partial charge in [-0.1, -0.05) is 4.68 Å². The molecule has 0 spiro atoms. The van der Waals surface area contributed by atoms with E-state index in [1.807, 2.05) is 4.98 Å². The van der Waals surface area contributed by atoms with E-state index in [1.165, 1.54) is 4.68 Å². The summed E-state index contributed by atoms with van der Waals surface area (Å²) in [7, 11) is 1.55. The van der Waals surface area contributed by atoms with Crippen molar-refractivity contribution >= 4 is 0 Å². The lowest BCUT2D eigenvalue weighted by atomic mass is 10.5. The first-order valence-electron chi connectivity index (χ1n) is 2.75. The molecule has 1 aromatic rings. The maximum absolute atomic E-state index is 10.7. The summed E-state index contributed by atoms with van der Waals surface area (Å²) < 4.78 is 1.25. The Morgan fingerprint density at radius 3 is 2.80 bits per heavy atom. The largest absolute Gasteiger partial charge is 0.842 e. The average molecular weight is 141 g/mol. The molecule has 0 atom stereocenters. The fourth-order valence-corrected chi connectivity index (χ4v) is 0.571. The minimum Gasteiger partial charge on any atom is -0.842 e. The van der Waals surface area contributed by atoms with Gasteiger partial charge in [0.25, 0.3) is 5.69 Å². The molecule has 0 amide bonds. The van der Waals surface area contributed by atoms with E-state index in [1.54, 1.807) is 14.0 Å². The average Bonchev–Trinajstić information content (AvgIpc) is 1.82. The highest BCUT2D eigenvalue weighted by Gasteiger charge is 2.05. The molecule has 1 N–H and O–H groups in total. The molecule has 0 aromatic carbocycles. The van der Waals surface area contributed by atoms with Crippen molar-refractivity contribution in [2.24, 2.45) is 7.05 Å². The first-order valence-corrected chi connectivity index (χ1v) is 2.75. The summed E-state index contributed by atoms with van der Waals surface area (Å²) >= 11 is 0. The molecule has 10 heavy (non-hydrogen) atoms. The van der Waals surface area contributed by atoms with Crippen molar-refractivity contribution in [3.63, 3.8) is 0 Å². The van der Waals surface area contributed by atoms with E-state index >= 15 is 0 Å². The Hall–Kier alpha value is -1.39. The summed E-state index contributed by atoms with van der Waals surface area (Å²) in [6, 6.07) is -0.613. The SMILES string of the molecule is Cc1c(=O)[nH]c([O-])n[n+]1C. The highest BCUT2D eigenvalue weighted by atomic mass is 16.3. The molecule has 1 aromatic heterocycles. The van der Waals surface area contributed by atoms with Crippen LogP contribution in [-0.4, -0.2) is 10.1 Å². The molecular formula is C5H7N3O2. The normalized spacial score (nSPS) is 9.80. The Morgan fingerprint density at radius 2 is 2.30 bits per heavy atom. The number of aromatic nitrogens is 3. The van der Waals surface area contributed by atoms with Crippen molar-refractivity contribution in [2.75, 3.05) is 0 Å². The van der Waals surface area contributed by atoms with Crippen molar-refractivity contribution in [1.82, 2.24) is 10.1 Å². The third-order valence-electron chi connectivity index (χ3n) is 1.28. The Kier molecular flexibility index (Phi) is 1.41. The van der Waals surface area contributed by atoms with E-state index in [0.29, 0.717) is 5.69 Å². The van der Waals surface area contributed by atoms with E-state index in [4.69, 9.17) is 0 Å². The van der Waals surface area contributed by atoms with Crippen molar-refractivity contribution in [3.8, 4) is 6.01 Å². The summed E-state index contributed by atoms with van der Waals surface area (Å²) in [6.07, 6.45) is 0. The molecule has 0 radical (unpaired) electrons. The minimum atomic E-state index is -0.613. The van der Waals surface area contributed by atoms with Crippen LogP contribution in [0.4, 0.5) is 0 Å². The van der Waals surface area contributed by atoms with Gasteiger partial charge in [-0.05, 0) is 0 Å². The van der Waals surface area contributed by atoms with Gasteiger partial charge < -0.3 is 10.1 Å². The highest BCUT2D eigenvalue weighted by molar-refractivity contribution is 4.86. The predicted octanol–water partition coefficient (Wildman–Crippen LogP) is -2.02. The van der Waals surface area contributed by atoms with Crippen LogP contribution in [0, 0.1) is 6.92 Å². The van der Waals surface area contributed by atoms with Gasteiger partial charge in [0, 0.05) is 12.0 Å². The van der Waals surface area contributed by atoms with Crippen LogP contribution in [0.1, 0.15) is 5.69 Å². The number of hydrogen-bond donors (Lipinski definition) is 1. The Bertz CT molecular complexity index is 304. The van der Waals surface area contributed by atoms with Gasteiger partial charge in [0.1, 0.15) is 6.01 Å². The van der Waals surface area contributed by atoms with Crippen LogP contribution in [-0.2, 0) is 7.05 Å². The second-order valence-corrected chi connectivity index (χ2v) is 1.97. The van der Waals surface area contributed by atoms with E-state index in [-0.39, 0.29) is 5.56 Å². The standard InChI is InChI=1S/C5H7N3O2/c1-3-4(9)6-5(10)7-8(3)2/h1-2H3,(H-,6,7,9,10). The smallest absolute Gasteiger partial charge is 0.318 e. The molecule has 0 saturated carbocycles. The number of rotatable bonds is 0. The van der Waals surface area contributed by atoms with Crippen LogP contribution >= 0.6 is 0 Å². The second-order valence-electron chi connectivity index (χ2n) is 1.97. The van der Waals surface area contributed by atoms with Crippen LogP contribution in [0.15, 0.2) is 4.79 Å². The van der Waals surface area contributed by atoms with Gasteiger partial charge in [0.05, 0.1) is 0 Å². The van der Waals surface area contributed by atoms with Crippen molar-refractivity contribution in [2.45, 2.75) is 6.92 Å². The molecule has 5 heteroatoms. The van der Waals surface area contributed by atoms with Gasteiger partial charge in [0.15, 0.2) is 7.05 Å². The van der Waals surface area contributed by atoms with Gasteiger partial charge in [0.2, 0.25) is 0 Å². The van der Waals surface area contributed by atoms with Crippen LogP contribution in [0.25, 0.3) is 0 Å². The summed E-state index contributed by atoms with van der Waals surface area (Å²) in [4.78, 5) is 12.8. The third kappa shape index (κ3) is 0.975. The molecule has 0 aliphatic rings. The third-order valence-corrected chi connectivity index (χ3v) is 1.28. The summed E-state index contributed by atoms with van der Waals surface area (Å²) in [6.45, 7) is 1.59. The first-order chi connectivity index (χ1) is 4.61. The van der Waals surface area contributed by atoms with E-state index in [0.717, 1.165) is 0 Å². The lowest BCUT2D eigenvalue weighted by Gasteiger charge is -1.98. The van der Waals surface area contributed by atoms with Crippen molar-refractivity contribution < 1.29 is 9.79 Å². The van der Waals surface area contributed by atoms with Crippen molar-refractivity contribution in [1.29, 1.82) is 0 Å². The molecular weight excluding hydrogens is 134 g/mol.